The summed E-state index contributed by atoms with van der Waals surface area (Å²) in [5.74, 6) is 0.825. The van der Waals surface area contributed by atoms with Crippen LogP contribution in [0.1, 0.15) is 46.5 Å². The molecule has 0 radical (unpaired) electrons. The Morgan fingerprint density at radius 2 is 1.35 bits per heavy atom. The molecule has 0 aromatic rings. The van der Waals surface area contributed by atoms with Crippen LogP contribution in [0.4, 0.5) is 0 Å². The van der Waals surface area contributed by atoms with Crippen LogP contribution in [0, 0.1) is 11.3 Å². The van der Waals surface area contributed by atoms with Gasteiger partial charge in [-0.05, 0) is 69.7 Å². The minimum Gasteiger partial charge on any atom is -0.304 e. The van der Waals surface area contributed by atoms with Gasteiger partial charge in [0.2, 0.25) is 0 Å². The first-order valence-corrected chi connectivity index (χ1v) is 7.58. The van der Waals surface area contributed by atoms with Crippen LogP contribution in [-0.4, -0.2) is 49.1 Å². The molecular formula is C15H30N2. The van der Waals surface area contributed by atoms with Crippen molar-refractivity contribution in [3.8, 4) is 0 Å². The predicted molar refractivity (Wildman–Crippen MR) is 74.3 cm³/mol. The normalized spacial score (nSPS) is 26.8. The summed E-state index contributed by atoms with van der Waals surface area (Å²) in [4.78, 5) is 5.30. The van der Waals surface area contributed by atoms with Crippen LogP contribution in [-0.2, 0) is 0 Å². The molecule has 2 rings (SSSR count). The molecule has 0 bridgehead atoms. The van der Waals surface area contributed by atoms with Crippen LogP contribution in [0.25, 0.3) is 0 Å². The lowest BCUT2D eigenvalue weighted by Crippen LogP contribution is -2.47. The van der Waals surface area contributed by atoms with E-state index in [9.17, 15) is 0 Å². The van der Waals surface area contributed by atoms with Gasteiger partial charge in [0, 0.05) is 6.54 Å². The summed E-state index contributed by atoms with van der Waals surface area (Å²) >= 11 is 0. The molecule has 0 atom stereocenters. The highest BCUT2D eigenvalue weighted by Crippen LogP contribution is 2.41. The lowest BCUT2D eigenvalue weighted by atomic mass is 9.71. The second-order valence-electron chi connectivity index (χ2n) is 6.63. The van der Waals surface area contributed by atoms with E-state index in [1.807, 2.05) is 0 Å². The fourth-order valence-corrected chi connectivity index (χ4v) is 3.57. The molecule has 2 fully saturated rings. The fourth-order valence-electron chi connectivity index (χ4n) is 3.57. The maximum Gasteiger partial charge on any atom is 0.000439 e. The summed E-state index contributed by atoms with van der Waals surface area (Å²) in [5.41, 5.74) is 0.721. The summed E-state index contributed by atoms with van der Waals surface area (Å²) in [6.45, 7) is 14.9. The van der Waals surface area contributed by atoms with Crippen LogP contribution < -0.4 is 0 Å². The second kappa shape index (κ2) is 5.71. The topological polar surface area (TPSA) is 6.48 Å². The molecular weight excluding hydrogens is 208 g/mol. The Hall–Kier alpha value is -0.0800. The van der Waals surface area contributed by atoms with Crippen LogP contribution >= 0.6 is 0 Å². The van der Waals surface area contributed by atoms with E-state index in [0.717, 1.165) is 11.3 Å². The molecule has 0 aromatic carbocycles. The van der Waals surface area contributed by atoms with Crippen molar-refractivity contribution in [2.45, 2.75) is 46.5 Å². The van der Waals surface area contributed by atoms with Gasteiger partial charge in [-0.15, -0.1) is 0 Å². The number of nitrogens with zero attached hydrogens (tertiary/aromatic N) is 2. The highest BCUT2D eigenvalue weighted by atomic mass is 15.1. The van der Waals surface area contributed by atoms with E-state index >= 15 is 0 Å². The van der Waals surface area contributed by atoms with Gasteiger partial charge < -0.3 is 9.80 Å². The Balaban J connectivity index is 1.78. The Labute approximate surface area is 107 Å². The Morgan fingerprint density at radius 3 is 1.76 bits per heavy atom. The SMILES string of the molecule is CCN1CCC2(CC1)CCN(CC(C)C)CC2. The fraction of sp³-hybridized carbons (Fsp3) is 1.00. The van der Waals surface area contributed by atoms with E-state index in [0.29, 0.717) is 0 Å². The van der Waals surface area contributed by atoms with E-state index in [2.05, 4.69) is 30.6 Å². The first-order chi connectivity index (χ1) is 8.13. The van der Waals surface area contributed by atoms with Crippen molar-refractivity contribution in [3.05, 3.63) is 0 Å². The molecule has 2 heterocycles. The van der Waals surface area contributed by atoms with E-state index in [-0.39, 0.29) is 0 Å². The zero-order valence-electron chi connectivity index (χ0n) is 12.0. The summed E-state index contributed by atoms with van der Waals surface area (Å²) < 4.78 is 0. The van der Waals surface area contributed by atoms with Crippen LogP contribution in [0.2, 0.25) is 0 Å². The van der Waals surface area contributed by atoms with Gasteiger partial charge in [-0.3, -0.25) is 0 Å². The summed E-state index contributed by atoms with van der Waals surface area (Å²) in [5, 5.41) is 0. The zero-order chi connectivity index (χ0) is 12.3. The largest absolute Gasteiger partial charge is 0.304 e. The van der Waals surface area contributed by atoms with Crippen LogP contribution in [0.3, 0.4) is 0 Å². The summed E-state index contributed by atoms with van der Waals surface area (Å²) in [6, 6.07) is 0. The molecule has 2 saturated heterocycles. The van der Waals surface area contributed by atoms with Crippen molar-refractivity contribution in [1.82, 2.24) is 9.80 Å². The lowest BCUT2D eigenvalue weighted by molar-refractivity contribution is 0.0331. The first kappa shape index (κ1) is 13.4. The molecule has 100 valence electrons. The molecule has 0 aromatic heterocycles. The van der Waals surface area contributed by atoms with Gasteiger partial charge in [-0.2, -0.15) is 0 Å². The van der Waals surface area contributed by atoms with E-state index in [4.69, 9.17) is 0 Å². The number of hydrogen-bond acceptors (Lipinski definition) is 2. The van der Waals surface area contributed by atoms with Crippen molar-refractivity contribution in [3.63, 3.8) is 0 Å². The van der Waals surface area contributed by atoms with Gasteiger partial charge in [0.25, 0.3) is 0 Å². The highest BCUT2D eigenvalue weighted by molar-refractivity contribution is 4.90. The van der Waals surface area contributed by atoms with E-state index in [1.165, 1.54) is 65.0 Å². The van der Waals surface area contributed by atoms with Crippen LogP contribution in [0.5, 0.6) is 0 Å². The van der Waals surface area contributed by atoms with Crippen LogP contribution in [0.15, 0.2) is 0 Å². The van der Waals surface area contributed by atoms with Crippen molar-refractivity contribution < 1.29 is 0 Å². The average molecular weight is 238 g/mol. The second-order valence-corrected chi connectivity index (χ2v) is 6.63. The maximum atomic E-state index is 2.68. The monoisotopic (exact) mass is 238 g/mol. The third-order valence-electron chi connectivity index (χ3n) is 4.90. The third kappa shape index (κ3) is 3.45. The van der Waals surface area contributed by atoms with Gasteiger partial charge in [-0.25, -0.2) is 0 Å². The molecule has 0 aliphatic carbocycles. The Kier molecular flexibility index (Phi) is 4.48. The minimum absolute atomic E-state index is 0.721. The van der Waals surface area contributed by atoms with E-state index < -0.39 is 0 Å². The molecule has 0 amide bonds. The third-order valence-corrected chi connectivity index (χ3v) is 4.90. The highest BCUT2D eigenvalue weighted by Gasteiger charge is 2.36. The molecule has 17 heavy (non-hydrogen) atoms. The molecule has 2 aliphatic rings. The lowest BCUT2D eigenvalue weighted by Gasteiger charge is -2.47. The van der Waals surface area contributed by atoms with Gasteiger partial charge in [0.05, 0.1) is 0 Å². The minimum atomic E-state index is 0.721. The van der Waals surface area contributed by atoms with Crippen molar-refractivity contribution in [1.29, 1.82) is 0 Å². The molecule has 0 saturated carbocycles. The molecule has 0 unspecified atom stereocenters. The number of likely N-dealkylation sites (tertiary alicyclic amines) is 2. The quantitative estimate of drug-likeness (QED) is 0.746. The predicted octanol–water partition coefficient (Wildman–Crippen LogP) is 2.84. The first-order valence-electron chi connectivity index (χ1n) is 7.58. The molecule has 2 heteroatoms. The molecule has 1 spiro atoms. The van der Waals surface area contributed by atoms with Gasteiger partial charge in [-0.1, -0.05) is 20.8 Å². The zero-order valence-corrected chi connectivity index (χ0v) is 12.0. The van der Waals surface area contributed by atoms with Gasteiger partial charge >= 0.3 is 0 Å². The number of hydrogen-bond donors (Lipinski definition) is 0. The molecule has 0 N–H and O–H groups in total. The standard InChI is InChI=1S/C15H30N2/c1-4-16-9-5-15(6-10-16)7-11-17(12-8-15)13-14(2)3/h14H,4-13H2,1-3H3. The smallest absolute Gasteiger partial charge is 0.000439 e. The van der Waals surface area contributed by atoms with E-state index in [1.54, 1.807) is 0 Å². The molecule has 2 aliphatic heterocycles. The van der Waals surface area contributed by atoms with Crippen molar-refractivity contribution >= 4 is 0 Å². The summed E-state index contributed by atoms with van der Waals surface area (Å²) in [7, 11) is 0. The van der Waals surface area contributed by atoms with Gasteiger partial charge in [0.15, 0.2) is 0 Å². The number of rotatable bonds is 3. The maximum absolute atomic E-state index is 2.68. The molecule has 2 nitrogen and oxygen atoms in total. The average Bonchev–Trinajstić information content (AvgIpc) is 2.33. The Bertz CT molecular complexity index is 219. The van der Waals surface area contributed by atoms with Crippen molar-refractivity contribution in [2.24, 2.45) is 11.3 Å². The Morgan fingerprint density at radius 1 is 0.882 bits per heavy atom. The van der Waals surface area contributed by atoms with Gasteiger partial charge in [0.1, 0.15) is 0 Å². The summed E-state index contributed by atoms with van der Waals surface area (Å²) in [6.07, 6.45) is 5.82. The van der Waals surface area contributed by atoms with Crippen molar-refractivity contribution in [2.75, 3.05) is 39.3 Å². The number of piperidine rings is 2.